The van der Waals surface area contributed by atoms with Gasteiger partial charge in [0.25, 0.3) is 0 Å². The van der Waals surface area contributed by atoms with E-state index in [2.05, 4.69) is 5.32 Å². The van der Waals surface area contributed by atoms with Gasteiger partial charge in [-0.25, -0.2) is 0 Å². The molecule has 80 valence electrons. The summed E-state index contributed by atoms with van der Waals surface area (Å²) in [5.41, 5.74) is 0. The number of nitrogens with one attached hydrogen (secondary N) is 1. The number of hydrogen-bond acceptors (Lipinski definition) is 2. The fourth-order valence-corrected chi connectivity index (χ4v) is 2.55. The van der Waals surface area contributed by atoms with Crippen LogP contribution in [0.4, 0.5) is 0 Å². The smallest absolute Gasteiger partial charge is 0.136 e. The molecule has 2 fully saturated rings. The van der Waals surface area contributed by atoms with Crippen LogP contribution in [0.1, 0.15) is 44.9 Å². The van der Waals surface area contributed by atoms with Gasteiger partial charge in [-0.1, -0.05) is 25.7 Å². The van der Waals surface area contributed by atoms with Crippen LogP contribution in [0.2, 0.25) is 0 Å². The standard InChI is InChI=1S/C12H21NO/c14-12(7-10-8-13-9-10)11-5-3-1-2-4-6-11/h10-11,13H,1-9H2. The van der Waals surface area contributed by atoms with Crippen LogP contribution < -0.4 is 5.32 Å². The lowest BCUT2D eigenvalue weighted by Crippen LogP contribution is -2.43. The van der Waals surface area contributed by atoms with E-state index in [1.807, 2.05) is 0 Å². The quantitative estimate of drug-likeness (QED) is 0.699. The van der Waals surface area contributed by atoms with Crippen molar-refractivity contribution < 1.29 is 4.79 Å². The van der Waals surface area contributed by atoms with Crippen LogP contribution in [0.3, 0.4) is 0 Å². The second kappa shape index (κ2) is 4.92. The van der Waals surface area contributed by atoms with Gasteiger partial charge in [-0.2, -0.15) is 0 Å². The van der Waals surface area contributed by atoms with Gasteiger partial charge in [0, 0.05) is 12.3 Å². The fraction of sp³-hybridized carbons (Fsp3) is 0.917. The van der Waals surface area contributed by atoms with Gasteiger partial charge in [-0.3, -0.25) is 4.79 Å². The monoisotopic (exact) mass is 195 g/mol. The van der Waals surface area contributed by atoms with Crippen LogP contribution in [0.25, 0.3) is 0 Å². The van der Waals surface area contributed by atoms with Gasteiger partial charge in [-0.05, 0) is 31.8 Å². The molecule has 14 heavy (non-hydrogen) atoms. The molecule has 2 heteroatoms. The Bertz CT molecular complexity index is 190. The third kappa shape index (κ3) is 2.57. The molecular weight excluding hydrogens is 174 g/mol. The first-order valence-electron chi connectivity index (χ1n) is 6.09. The Morgan fingerprint density at radius 2 is 1.71 bits per heavy atom. The average molecular weight is 195 g/mol. The Morgan fingerprint density at radius 3 is 2.21 bits per heavy atom. The van der Waals surface area contributed by atoms with E-state index in [9.17, 15) is 4.79 Å². The van der Waals surface area contributed by atoms with E-state index >= 15 is 0 Å². The molecule has 2 nitrogen and oxygen atoms in total. The Morgan fingerprint density at radius 1 is 1.07 bits per heavy atom. The molecule has 0 radical (unpaired) electrons. The lowest BCUT2D eigenvalue weighted by Gasteiger charge is -2.27. The highest BCUT2D eigenvalue weighted by Gasteiger charge is 2.25. The third-order valence-corrected chi connectivity index (χ3v) is 3.67. The Kier molecular flexibility index (Phi) is 3.57. The van der Waals surface area contributed by atoms with Gasteiger partial charge in [0.1, 0.15) is 5.78 Å². The predicted octanol–water partition coefficient (Wildman–Crippen LogP) is 2.14. The van der Waals surface area contributed by atoms with Crippen molar-refractivity contribution in [3.63, 3.8) is 0 Å². The normalized spacial score (nSPS) is 25.4. The molecule has 1 saturated heterocycles. The van der Waals surface area contributed by atoms with Gasteiger partial charge in [0.2, 0.25) is 0 Å². The van der Waals surface area contributed by atoms with Crippen molar-refractivity contribution >= 4 is 5.78 Å². The largest absolute Gasteiger partial charge is 0.316 e. The summed E-state index contributed by atoms with van der Waals surface area (Å²) in [6, 6.07) is 0. The minimum Gasteiger partial charge on any atom is -0.316 e. The zero-order valence-corrected chi connectivity index (χ0v) is 8.93. The number of ketones is 1. The van der Waals surface area contributed by atoms with Gasteiger partial charge >= 0.3 is 0 Å². The third-order valence-electron chi connectivity index (χ3n) is 3.67. The summed E-state index contributed by atoms with van der Waals surface area (Å²) >= 11 is 0. The maximum Gasteiger partial charge on any atom is 0.136 e. The van der Waals surface area contributed by atoms with Crippen molar-refractivity contribution in [1.29, 1.82) is 0 Å². The first-order chi connectivity index (χ1) is 6.86. The molecule has 0 spiro atoms. The number of Topliss-reactive ketones (excluding diaryl/α,β-unsaturated/α-hetero) is 1. The SMILES string of the molecule is O=C(CC1CNC1)C1CCCCCC1. The van der Waals surface area contributed by atoms with E-state index in [4.69, 9.17) is 0 Å². The highest BCUT2D eigenvalue weighted by atomic mass is 16.1. The van der Waals surface area contributed by atoms with E-state index in [1.54, 1.807) is 0 Å². The molecule has 0 bridgehead atoms. The predicted molar refractivity (Wildman–Crippen MR) is 57.2 cm³/mol. The average Bonchev–Trinajstić information content (AvgIpc) is 2.38. The number of hydrogen-bond donors (Lipinski definition) is 1. The van der Waals surface area contributed by atoms with Crippen LogP contribution >= 0.6 is 0 Å². The summed E-state index contributed by atoms with van der Waals surface area (Å²) < 4.78 is 0. The summed E-state index contributed by atoms with van der Waals surface area (Å²) in [6.45, 7) is 2.14. The molecule has 1 heterocycles. The Labute approximate surface area is 86.5 Å². The van der Waals surface area contributed by atoms with Crippen molar-refractivity contribution in [2.75, 3.05) is 13.1 Å². The van der Waals surface area contributed by atoms with Gasteiger partial charge < -0.3 is 5.32 Å². The summed E-state index contributed by atoms with van der Waals surface area (Å²) in [5.74, 6) is 1.63. The molecule has 1 aliphatic carbocycles. The highest BCUT2D eigenvalue weighted by molar-refractivity contribution is 5.81. The molecule has 0 atom stereocenters. The summed E-state index contributed by atoms with van der Waals surface area (Å²) in [7, 11) is 0. The topological polar surface area (TPSA) is 29.1 Å². The summed E-state index contributed by atoms with van der Waals surface area (Å²) in [4.78, 5) is 11.9. The molecule has 0 aromatic rings. The van der Waals surface area contributed by atoms with E-state index in [1.165, 1.54) is 38.5 Å². The Balaban J connectivity index is 1.76. The lowest BCUT2D eigenvalue weighted by atomic mass is 9.87. The molecule has 1 N–H and O–H groups in total. The maximum atomic E-state index is 11.9. The zero-order chi connectivity index (χ0) is 9.80. The van der Waals surface area contributed by atoms with Crippen molar-refractivity contribution in [3.05, 3.63) is 0 Å². The number of rotatable bonds is 3. The van der Waals surface area contributed by atoms with Gasteiger partial charge in [0.05, 0.1) is 0 Å². The molecule has 2 rings (SSSR count). The second-order valence-electron chi connectivity index (χ2n) is 4.88. The van der Waals surface area contributed by atoms with Crippen LogP contribution in [0, 0.1) is 11.8 Å². The molecule has 0 amide bonds. The molecule has 0 aromatic carbocycles. The van der Waals surface area contributed by atoms with E-state index in [-0.39, 0.29) is 0 Å². The van der Waals surface area contributed by atoms with Crippen molar-refractivity contribution in [1.82, 2.24) is 5.32 Å². The van der Waals surface area contributed by atoms with Gasteiger partial charge in [0.15, 0.2) is 0 Å². The highest BCUT2D eigenvalue weighted by Crippen LogP contribution is 2.26. The first-order valence-corrected chi connectivity index (χ1v) is 6.09. The zero-order valence-electron chi connectivity index (χ0n) is 8.93. The summed E-state index contributed by atoms with van der Waals surface area (Å²) in [6.07, 6.45) is 8.41. The van der Waals surface area contributed by atoms with E-state index in [0.717, 1.165) is 19.5 Å². The molecule has 0 aromatic heterocycles. The molecule has 1 aliphatic heterocycles. The second-order valence-corrected chi connectivity index (χ2v) is 4.88. The Hall–Kier alpha value is -0.370. The van der Waals surface area contributed by atoms with E-state index in [0.29, 0.717) is 17.6 Å². The lowest BCUT2D eigenvalue weighted by molar-refractivity contribution is -0.124. The maximum absolute atomic E-state index is 11.9. The van der Waals surface area contributed by atoms with Crippen LogP contribution in [0.5, 0.6) is 0 Å². The summed E-state index contributed by atoms with van der Waals surface area (Å²) in [5, 5.41) is 3.23. The molecule has 0 unspecified atom stereocenters. The molecule has 1 saturated carbocycles. The first kappa shape index (κ1) is 10.2. The minimum atomic E-state index is 0.415. The van der Waals surface area contributed by atoms with Crippen molar-refractivity contribution in [2.45, 2.75) is 44.9 Å². The van der Waals surface area contributed by atoms with Crippen molar-refractivity contribution in [3.8, 4) is 0 Å². The minimum absolute atomic E-state index is 0.415. The number of carbonyl (C=O) groups is 1. The van der Waals surface area contributed by atoms with Crippen LogP contribution in [-0.2, 0) is 4.79 Å². The van der Waals surface area contributed by atoms with Crippen molar-refractivity contribution in [2.24, 2.45) is 11.8 Å². The fourth-order valence-electron chi connectivity index (χ4n) is 2.55. The molecular formula is C12H21NO. The van der Waals surface area contributed by atoms with Crippen LogP contribution in [-0.4, -0.2) is 18.9 Å². The van der Waals surface area contributed by atoms with E-state index < -0.39 is 0 Å². The van der Waals surface area contributed by atoms with Crippen LogP contribution in [0.15, 0.2) is 0 Å². The molecule has 2 aliphatic rings. The van der Waals surface area contributed by atoms with Gasteiger partial charge in [-0.15, -0.1) is 0 Å². The number of carbonyl (C=O) groups excluding carboxylic acids is 1.